The lowest BCUT2D eigenvalue weighted by atomic mass is 9.74. The van der Waals surface area contributed by atoms with E-state index in [0.29, 0.717) is 24.8 Å². The van der Waals surface area contributed by atoms with Gasteiger partial charge in [-0.3, -0.25) is 4.79 Å². The van der Waals surface area contributed by atoms with Crippen LogP contribution in [0, 0.1) is 0 Å². The molecule has 2 aromatic rings. The van der Waals surface area contributed by atoms with E-state index in [9.17, 15) is 9.59 Å². The van der Waals surface area contributed by atoms with Gasteiger partial charge in [0.15, 0.2) is 5.69 Å². The number of carbonyl (C=O) groups excluding carboxylic acids is 1. The molecule has 1 aliphatic heterocycles. The number of halogens is 1. The van der Waals surface area contributed by atoms with Crippen LogP contribution in [0.25, 0.3) is 0 Å². The first kappa shape index (κ1) is 18.3. The SMILES string of the molecule is O=C(Cn1cc(C(=O)O)nn1)NCC1(c2cccc(Cl)c2)CCOCC1. The number of aromatic nitrogens is 3. The van der Waals surface area contributed by atoms with Crippen molar-refractivity contribution in [2.75, 3.05) is 19.8 Å². The number of nitrogens with zero attached hydrogens (tertiary/aromatic N) is 3. The van der Waals surface area contributed by atoms with Crippen LogP contribution in [-0.4, -0.2) is 51.7 Å². The summed E-state index contributed by atoms with van der Waals surface area (Å²) in [5.41, 5.74) is 0.632. The molecule has 1 saturated heterocycles. The van der Waals surface area contributed by atoms with E-state index in [1.807, 2.05) is 24.3 Å². The number of nitrogens with one attached hydrogen (secondary N) is 1. The quantitative estimate of drug-likeness (QED) is 0.788. The maximum Gasteiger partial charge on any atom is 0.358 e. The molecule has 0 atom stereocenters. The zero-order chi connectivity index (χ0) is 18.6. The lowest BCUT2D eigenvalue weighted by molar-refractivity contribution is -0.122. The first-order valence-corrected chi connectivity index (χ1v) is 8.60. The van der Waals surface area contributed by atoms with Gasteiger partial charge in [-0.2, -0.15) is 0 Å². The molecule has 0 spiro atoms. The average Bonchev–Trinajstić information content (AvgIpc) is 3.10. The van der Waals surface area contributed by atoms with Crippen LogP contribution in [-0.2, 0) is 21.5 Å². The lowest BCUT2D eigenvalue weighted by Gasteiger charge is -2.38. The molecule has 1 fully saturated rings. The minimum atomic E-state index is -1.18. The molecule has 2 heterocycles. The van der Waals surface area contributed by atoms with E-state index in [0.717, 1.165) is 18.4 Å². The van der Waals surface area contributed by atoms with E-state index in [1.165, 1.54) is 10.9 Å². The Morgan fingerprint density at radius 1 is 1.35 bits per heavy atom. The molecule has 1 aliphatic rings. The molecule has 0 saturated carbocycles. The maximum atomic E-state index is 12.3. The fraction of sp³-hybridized carbons (Fsp3) is 0.412. The van der Waals surface area contributed by atoms with Gasteiger partial charge in [0.25, 0.3) is 0 Å². The zero-order valence-electron chi connectivity index (χ0n) is 14.0. The number of carbonyl (C=O) groups is 2. The Hall–Kier alpha value is -2.45. The maximum absolute atomic E-state index is 12.3. The van der Waals surface area contributed by atoms with Crippen molar-refractivity contribution >= 4 is 23.5 Å². The van der Waals surface area contributed by atoms with E-state index in [4.69, 9.17) is 21.4 Å². The molecular weight excluding hydrogens is 360 g/mol. The summed E-state index contributed by atoms with van der Waals surface area (Å²) in [5, 5.41) is 19.6. The van der Waals surface area contributed by atoms with Gasteiger partial charge < -0.3 is 15.2 Å². The standard InChI is InChI=1S/C17H19ClN4O4/c18-13-3-1-2-12(8-13)17(4-6-26-7-5-17)11-19-15(23)10-22-9-14(16(24)25)20-21-22/h1-3,8-9H,4-7,10-11H2,(H,19,23)(H,24,25). The second-order valence-corrected chi connectivity index (χ2v) is 6.72. The Balaban J connectivity index is 1.67. The van der Waals surface area contributed by atoms with Crippen molar-refractivity contribution < 1.29 is 19.4 Å². The fourth-order valence-electron chi connectivity index (χ4n) is 3.09. The van der Waals surface area contributed by atoms with Crippen molar-refractivity contribution in [1.82, 2.24) is 20.3 Å². The first-order chi connectivity index (χ1) is 12.5. The van der Waals surface area contributed by atoms with Crippen LogP contribution in [0.4, 0.5) is 0 Å². The smallest absolute Gasteiger partial charge is 0.358 e. The molecule has 26 heavy (non-hydrogen) atoms. The monoisotopic (exact) mass is 378 g/mol. The van der Waals surface area contributed by atoms with Gasteiger partial charge in [0, 0.05) is 30.2 Å². The van der Waals surface area contributed by atoms with Gasteiger partial charge in [-0.15, -0.1) is 5.10 Å². The van der Waals surface area contributed by atoms with Gasteiger partial charge in [0.1, 0.15) is 6.54 Å². The molecule has 1 aromatic carbocycles. The number of benzene rings is 1. The van der Waals surface area contributed by atoms with Gasteiger partial charge in [0.05, 0.1) is 6.20 Å². The molecule has 3 rings (SSSR count). The van der Waals surface area contributed by atoms with Crippen LogP contribution in [0.2, 0.25) is 5.02 Å². The van der Waals surface area contributed by atoms with Crippen LogP contribution < -0.4 is 5.32 Å². The molecule has 0 unspecified atom stereocenters. The minimum Gasteiger partial charge on any atom is -0.476 e. The molecule has 0 radical (unpaired) electrons. The molecule has 2 N–H and O–H groups in total. The van der Waals surface area contributed by atoms with E-state index < -0.39 is 5.97 Å². The van der Waals surface area contributed by atoms with Crippen molar-refractivity contribution in [1.29, 1.82) is 0 Å². The summed E-state index contributed by atoms with van der Waals surface area (Å²) < 4.78 is 6.68. The topological polar surface area (TPSA) is 106 Å². The number of aromatic carboxylic acids is 1. The number of carboxylic acids is 1. The minimum absolute atomic E-state index is 0.0948. The van der Waals surface area contributed by atoms with E-state index >= 15 is 0 Å². The highest BCUT2D eigenvalue weighted by Gasteiger charge is 2.35. The third kappa shape index (κ3) is 4.20. The second-order valence-electron chi connectivity index (χ2n) is 6.29. The van der Waals surface area contributed by atoms with E-state index in [-0.39, 0.29) is 23.6 Å². The largest absolute Gasteiger partial charge is 0.476 e. The van der Waals surface area contributed by atoms with Crippen molar-refractivity contribution in [3.63, 3.8) is 0 Å². The summed E-state index contributed by atoms with van der Waals surface area (Å²) >= 11 is 6.14. The van der Waals surface area contributed by atoms with Crippen LogP contribution in [0.5, 0.6) is 0 Å². The van der Waals surface area contributed by atoms with Crippen molar-refractivity contribution in [2.45, 2.75) is 24.8 Å². The predicted molar refractivity (Wildman–Crippen MR) is 93.2 cm³/mol. The van der Waals surface area contributed by atoms with Gasteiger partial charge in [0.2, 0.25) is 5.91 Å². The molecule has 0 bridgehead atoms. The van der Waals surface area contributed by atoms with Crippen molar-refractivity contribution in [3.05, 3.63) is 46.7 Å². The summed E-state index contributed by atoms with van der Waals surface area (Å²) in [6.07, 6.45) is 2.78. The van der Waals surface area contributed by atoms with Gasteiger partial charge in [-0.25, -0.2) is 9.48 Å². The Labute approximate surface area is 155 Å². The number of hydrogen-bond acceptors (Lipinski definition) is 5. The molecular formula is C17H19ClN4O4. The second kappa shape index (κ2) is 7.84. The van der Waals surface area contributed by atoms with Gasteiger partial charge in [-0.05, 0) is 30.5 Å². The van der Waals surface area contributed by atoms with Crippen LogP contribution >= 0.6 is 11.6 Å². The molecule has 1 amide bonds. The fourth-order valence-corrected chi connectivity index (χ4v) is 3.28. The Bertz CT molecular complexity index is 802. The zero-order valence-corrected chi connectivity index (χ0v) is 14.8. The normalized spacial score (nSPS) is 16.2. The van der Waals surface area contributed by atoms with Crippen molar-refractivity contribution in [3.8, 4) is 0 Å². The molecule has 8 nitrogen and oxygen atoms in total. The molecule has 1 aromatic heterocycles. The number of rotatable bonds is 6. The molecule has 0 aliphatic carbocycles. The Morgan fingerprint density at radius 2 is 2.12 bits per heavy atom. The third-order valence-electron chi connectivity index (χ3n) is 4.57. The number of amides is 1. The number of ether oxygens (including phenoxy) is 1. The number of hydrogen-bond donors (Lipinski definition) is 2. The predicted octanol–water partition coefficient (Wildman–Crippen LogP) is 1.49. The summed E-state index contributed by atoms with van der Waals surface area (Å²) in [6.45, 7) is 1.58. The first-order valence-electron chi connectivity index (χ1n) is 8.22. The average molecular weight is 379 g/mol. The van der Waals surface area contributed by atoms with E-state index in [2.05, 4.69) is 15.6 Å². The van der Waals surface area contributed by atoms with E-state index in [1.54, 1.807) is 0 Å². The van der Waals surface area contributed by atoms with Gasteiger partial charge in [-0.1, -0.05) is 28.9 Å². The molecule has 9 heteroatoms. The summed E-state index contributed by atoms with van der Waals surface area (Å²) in [7, 11) is 0. The van der Waals surface area contributed by atoms with Crippen LogP contribution in [0.1, 0.15) is 28.9 Å². The Morgan fingerprint density at radius 3 is 2.77 bits per heavy atom. The summed E-state index contributed by atoms with van der Waals surface area (Å²) in [4.78, 5) is 23.1. The highest BCUT2D eigenvalue weighted by molar-refractivity contribution is 6.30. The summed E-state index contributed by atoms with van der Waals surface area (Å²) in [6, 6.07) is 7.66. The third-order valence-corrected chi connectivity index (χ3v) is 4.81. The molecule has 138 valence electrons. The van der Waals surface area contributed by atoms with Crippen molar-refractivity contribution in [2.24, 2.45) is 0 Å². The van der Waals surface area contributed by atoms with Crippen LogP contribution in [0.15, 0.2) is 30.5 Å². The van der Waals surface area contributed by atoms with Crippen LogP contribution in [0.3, 0.4) is 0 Å². The highest BCUT2D eigenvalue weighted by Crippen LogP contribution is 2.35. The number of carboxylic acid groups (broad SMARTS) is 1. The summed E-state index contributed by atoms with van der Waals surface area (Å²) in [5.74, 6) is -1.45. The Kier molecular flexibility index (Phi) is 5.53. The van der Waals surface area contributed by atoms with Gasteiger partial charge >= 0.3 is 5.97 Å². The lowest BCUT2D eigenvalue weighted by Crippen LogP contribution is -2.45. The highest BCUT2D eigenvalue weighted by atomic mass is 35.5.